The van der Waals surface area contributed by atoms with E-state index in [0.717, 1.165) is 5.56 Å². The molecule has 1 unspecified atom stereocenters. The molecule has 8 heteroatoms. The topological polar surface area (TPSA) is 113 Å². The SMILES string of the molecule is CNC(=O)c1ccc(S(=O)(=O)NC(CCC(=O)O)Cc2ccccc2)cc1. The molecule has 0 spiro atoms. The van der Waals surface area contributed by atoms with Gasteiger partial charge in [0.05, 0.1) is 4.90 Å². The number of benzene rings is 2. The number of amides is 1. The monoisotopic (exact) mass is 390 g/mol. The maximum Gasteiger partial charge on any atom is 0.303 e. The Labute approximate surface area is 158 Å². The van der Waals surface area contributed by atoms with Crippen LogP contribution in [0.15, 0.2) is 59.5 Å². The van der Waals surface area contributed by atoms with Crippen molar-refractivity contribution in [2.24, 2.45) is 0 Å². The molecule has 1 atom stereocenters. The van der Waals surface area contributed by atoms with Gasteiger partial charge in [-0.3, -0.25) is 9.59 Å². The maximum atomic E-state index is 12.7. The van der Waals surface area contributed by atoms with E-state index >= 15 is 0 Å². The average molecular weight is 390 g/mol. The number of nitrogens with one attached hydrogen (secondary N) is 2. The Morgan fingerprint density at radius 3 is 2.22 bits per heavy atom. The smallest absolute Gasteiger partial charge is 0.303 e. The van der Waals surface area contributed by atoms with Crippen LogP contribution in [-0.4, -0.2) is 38.5 Å². The van der Waals surface area contributed by atoms with E-state index in [9.17, 15) is 18.0 Å². The van der Waals surface area contributed by atoms with Crippen molar-refractivity contribution in [3.05, 3.63) is 65.7 Å². The zero-order chi connectivity index (χ0) is 19.9. The second kappa shape index (κ2) is 9.29. The number of carbonyl (C=O) groups is 2. The van der Waals surface area contributed by atoms with Crippen molar-refractivity contribution in [1.29, 1.82) is 0 Å². The van der Waals surface area contributed by atoms with Gasteiger partial charge in [-0.15, -0.1) is 0 Å². The molecular formula is C19H22N2O5S. The molecule has 2 aromatic carbocycles. The Bertz CT molecular complexity index is 880. The van der Waals surface area contributed by atoms with Crippen LogP contribution < -0.4 is 10.0 Å². The molecule has 2 aromatic rings. The van der Waals surface area contributed by atoms with Crippen LogP contribution in [0.25, 0.3) is 0 Å². The van der Waals surface area contributed by atoms with E-state index in [4.69, 9.17) is 5.11 Å². The first-order chi connectivity index (χ1) is 12.8. The summed E-state index contributed by atoms with van der Waals surface area (Å²) in [6, 6.07) is 14.3. The Balaban J connectivity index is 2.17. The lowest BCUT2D eigenvalue weighted by Gasteiger charge is -2.18. The fourth-order valence-corrected chi connectivity index (χ4v) is 3.89. The Hall–Kier alpha value is -2.71. The molecule has 3 N–H and O–H groups in total. The molecule has 0 aliphatic heterocycles. The molecule has 7 nitrogen and oxygen atoms in total. The predicted octanol–water partition coefficient (Wildman–Crippen LogP) is 1.80. The molecule has 0 fully saturated rings. The third-order valence-electron chi connectivity index (χ3n) is 4.01. The van der Waals surface area contributed by atoms with E-state index in [1.54, 1.807) is 0 Å². The Kier molecular flexibility index (Phi) is 7.09. The van der Waals surface area contributed by atoms with Crippen molar-refractivity contribution in [2.75, 3.05) is 7.05 Å². The fourth-order valence-electron chi connectivity index (χ4n) is 2.62. The highest BCUT2D eigenvalue weighted by Gasteiger charge is 2.21. The first-order valence-electron chi connectivity index (χ1n) is 8.42. The minimum Gasteiger partial charge on any atom is -0.481 e. The van der Waals surface area contributed by atoms with E-state index in [-0.39, 0.29) is 23.6 Å². The van der Waals surface area contributed by atoms with Gasteiger partial charge in [0.1, 0.15) is 0 Å². The van der Waals surface area contributed by atoms with Crippen LogP contribution >= 0.6 is 0 Å². The van der Waals surface area contributed by atoms with Crippen LogP contribution in [0.1, 0.15) is 28.8 Å². The second-order valence-corrected chi connectivity index (χ2v) is 7.76. The number of carboxylic acid groups (broad SMARTS) is 1. The van der Waals surface area contributed by atoms with Gasteiger partial charge in [-0.05, 0) is 42.7 Å². The molecule has 0 bridgehead atoms. The van der Waals surface area contributed by atoms with E-state index in [2.05, 4.69) is 10.0 Å². The van der Waals surface area contributed by atoms with Gasteiger partial charge < -0.3 is 10.4 Å². The summed E-state index contributed by atoms with van der Waals surface area (Å²) in [6.07, 6.45) is 0.402. The summed E-state index contributed by atoms with van der Waals surface area (Å²) in [5.41, 5.74) is 1.26. The molecular weight excluding hydrogens is 368 g/mol. The number of carbonyl (C=O) groups excluding carboxylic acids is 1. The largest absolute Gasteiger partial charge is 0.481 e. The van der Waals surface area contributed by atoms with E-state index in [1.165, 1.54) is 31.3 Å². The summed E-state index contributed by atoms with van der Waals surface area (Å²) in [6.45, 7) is 0. The average Bonchev–Trinajstić information content (AvgIpc) is 2.66. The van der Waals surface area contributed by atoms with E-state index in [1.807, 2.05) is 30.3 Å². The van der Waals surface area contributed by atoms with Crippen molar-refractivity contribution in [3.63, 3.8) is 0 Å². The molecule has 27 heavy (non-hydrogen) atoms. The Morgan fingerprint density at radius 2 is 1.67 bits per heavy atom. The number of rotatable bonds is 9. The summed E-state index contributed by atoms with van der Waals surface area (Å²) in [5, 5.41) is 11.4. The highest BCUT2D eigenvalue weighted by molar-refractivity contribution is 7.89. The van der Waals surface area contributed by atoms with Crippen molar-refractivity contribution in [3.8, 4) is 0 Å². The molecule has 0 aliphatic carbocycles. The van der Waals surface area contributed by atoms with Crippen LogP contribution in [0.2, 0.25) is 0 Å². The van der Waals surface area contributed by atoms with E-state index < -0.39 is 22.0 Å². The number of hydrogen-bond acceptors (Lipinski definition) is 4. The molecule has 0 saturated carbocycles. The third-order valence-corrected chi connectivity index (χ3v) is 5.54. The summed E-state index contributed by atoms with van der Waals surface area (Å²) < 4.78 is 27.9. The minimum absolute atomic E-state index is 0.0172. The lowest BCUT2D eigenvalue weighted by atomic mass is 10.0. The molecule has 0 aliphatic rings. The van der Waals surface area contributed by atoms with Crippen LogP contribution in [0.3, 0.4) is 0 Å². The number of aliphatic carboxylic acids is 1. The number of carboxylic acids is 1. The zero-order valence-electron chi connectivity index (χ0n) is 14.9. The first-order valence-corrected chi connectivity index (χ1v) is 9.90. The van der Waals surface area contributed by atoms with Crippen LogP contribution in [0.4, 0.5) is 0 Å². The van der Waals surface area contributed by atoms with Gasteiger partial charge in [-0.2, -0.15) is 0 Å². The normalized spacial score (nSPS) is 12.3. The van der Waals surface area contributed by atoms with Crippen molar-refractivity contribution in [2.45, 2.75) is 30.2 Å². The highest BCUT2D eigenvalue weighted by atomic mass is 32.2. The summed E-state index contributed by atoms with van der Waals surface area (Å²) in [5.74, 6) is -1.29. The summed E-state index contributed by atoms with van der Waals surface area (Å²) >= 11 is 0. The van der Waals surface area contributed by atoms with E-state index in [0.29, 0.717) is 12.0 Å². The third kappa shape index (κ3) is 6.19. The van der Waals surface area contributed by atoms with Crippen LogP contribution in [0.5, 0.6) is 0 Å². The number of hydrogen-bond donors (Lipinski definition) is 3. The highest BCUT2D eigenvalue weighted by Crippen LogP contribution is 2.15. The standard InChI is InChI=1S/C19H22N2O5S/c1-20-19(24)15-7-10-17(11-8-15)27(25,26)21-16(9-12-18(22)23)13-14-5-3-2-4-6-14/h2-8,10-11,16,21H,9,12-13H2,1H3,(H,20,24)(H,22,23). The molecule has 144 valence electrons. The van der Waals surface area contributed by atoms with Crippen LogP contribution in [-0.2, 0) is 21.2 Å². The molecule has 0 aromatic heterocycles. The van der Waals surface area contributed by atoms with Gasteiger partial charge in [0.25, 0.3) is 5.91 Å². The maximum absolute atomic E-state index is 12.7. The Morgan fingerprint density at radius 1 is 1.04 bits per heavy atom. The molecule has 0 heterocycles. The molecule has 0 saturated heterocycles. The fraction of sp³-hybridized carbons (Fsp3) is 0.263. The quantitative estimate of drug-likeness (QED) is 0.604. The van der Waals surface area contributed by atoms with Crippen molar-refractivity contribution >= 4 is 21.9 Å². The summed E-state index contributed by atoms with van der Waals surface area (Å²) in [7, 11) is -2.36. The lowest BCUT2D eigenvalue weighted by Crippen LogP contribution is -2.37. The second-order valence-electron chi connectivity index (χ2n) is 6.04. The zero-order valence-corrected chi connectivity index (χ0v) is 15.7. The predicted molar refractivity (Wildman–Crippen MR) is 101 cm³/mol. The number of sulfonamides is 1. The van der Waals surface area contributed by atoms with Gasteiger partial charge in [0.15, 0.2) is 0 Å². The molecule has 1 amide bonds. The van der Waals surface area contributed by atoms with Gasteiger partial charge >= 0.3 is 5.97 Å². The van der Waals surface area contributed by atoms with Gasteiger partial charge in [-0.1, -0.05) is 30.3 Å². The van der Waals surface area contributed by atoms with Gasteiger partial charge in [0, 0.05) is 25.1 Å². The molecule has 2 rings (SSSR count). The van der Waals surface area contributed by atoms with Crippen molar-refractivity contribution < 1.29 is 23.1 Å². The first kappa shape index (κ1) is 20.6. The van der Waals surface area contributed by atoms with Crippen LogP contribution in [0, 0.1) is 0 Å². The van der Waals surface area contributed by atoms with Crippen molar-refractivity contribution in [1.82, 2.24) is 10.0 Å². The minimum atomic E-state index is -3.85. The van der Waals surface area contributed by atoms with Gasteiger partial charge in [-0.25, -0.2) is 13.1 Å². The lowest BCUT2D eigenvalue weighted by molar-refractivity contribution is -0.137. The van der Waals surface area contributed by atoms with Gasteiger partial charge in [0.2, 0.25) is 10.0 Å². The molecule has 0 radical (unpaired) electrons. The summed E-state index contributed by atoms with van der Waals surface area (Å²) in [4.78, 5) is 22.5.